The number of unbranched alkanes of at least 4 members (excludes halogenated alkanes) is 5. The minimum absolute atomic E-state index is 0.226. The summed E-state index contributed by atoms with van der Waals surface area (Å²) < 4.78 is 0. The van der Waals surface area contributed by atoms with E-state index in [1.54, 1.807) is 0 Å². The largest absolute Gasteiger partial charge is 0.396 e. The third-order valence-corrected chi connectivity index (χ3v) is 3.72. The van der Waals surface area contributed by atoms with Crippen molar-refractivity contribution in [2.75, 3.05) is 13.2 Å². The van der Waals surface area contributed by atoms with Crippen molar-refractivity contribution in [1.82, 2.24) is 0 Å². The van der Waals surface area contributed by atoms with Gasteiger partial charge >= 0.3 is 0 Å². The van der Waals surface area contributed by atoms with Crippen LogP contribution in [0, 0.1) is 0 Å². The molecule has 0 unspecified atom stereocenters. The first-order valence-electron chi connectivity index (χ1n) is 8.28. The van der Waals surface area contributed by atoms with Crippen LogP contribution in [-0.2, 0) is 0 Å². The third-order valence-electron chi connectivity index (χ3n) is 3.72. The van der Waals surface area contributed by atoms with Crippen LogP contribution in [0.2, 0.25) is 0 Å². The standard InChI is InChI=1S/C16H34O4/c17-13-7-1-3-9-15(19)11-5-6-12-16(20)10-4-2-8-14-18/h15-20H,1-14H2/t15-,16-/m1/s1. The van der Waals surface area contributed by atoms with Gasteiger partial charge in [-0.1, -0.05) is 38.5 Å². The Morgan fingerprint density at radius 1 is 0.450 bits per heavy atom. The van der Waals surface area contributed by atoms with Crippen molar-refractivity contribution in [1.29, 1.82) is 0 Å². The van der Waals surface area contributed by atoms with Gasteiger partial charge in [0.1, 0.15) is 0 Å². The molecule has 0 amide bonds. The summed E-state index contributed by atoms with van der Waals surface area (Å²) in [5.41, 5.74) is 0. The lowest BCUT2D eigenvalue weighted by molar-refractivity contribution is 0.131. The summed E-state index contributed by atoms with van der Waals surface area (Å²) in [5, 5.41) is 36.8. The Bertz CT molecular complexity index is 167. The maximum Gasteiger partial charge on any atom is 0.0540 e. The van der Waals surface area contributed by atoms with Crippen molar-refractivity contribution >= 4 is 0 Å². The molecule has 0 rings (SSSR count). The average Bonchev–Trinajstić information content (AvgIpc) is 2.44. The second kappa shape index (κ2) is 15.2. The van der Waals surface area contributed by atoms with Gasteiger partial charge in [0, 0.05) is 13.2 Å². The highest BCUT2D eigenvalue weighted by atomic mass is 16.3. The molecular weight excluding hydrogens is 256 g/mol. The Labute approximate surface area is 123 Å². The lowest BCUT2D eigenvalue weighted by Crippen LogP contribution is -2.09. The van der Waals surface area contributed by atoms with Crippen LogP contribution in [0.25, 0.3) is 0 Å². The molecule has 0 saturated heterocycles. The Hall–Kier alpha value is -0.160. The lowest BCUT2D eigenvalue weighted by Gasteiger charge is -2.12. The first-order valence-corrected chi connectivity index (χ1v) is 8.28. The van der Waals surface area contributed by atoms with Crippen molar-refractivity contribution in [2.45, 2.75) is 89.3 Å². The van der Waals surface area contributed by atoms with Crippen molar-refractivity contribution in [3.63, 3.8) is 0 Å². The molecule has 0 aliphatic heterocycles. The molecule has 0 aliphatic carbocycles. The highest BCUT2D eigenvalue weighted by Crippen LogP contribution is 2.14. The molecule has 122 valence electrons. The third kappa shape index (κ3) is 14.3. The Morgan fingerprint density at radius 3 is 1.05 bits per heavy atom. The Balaban J connectivity index is 3.28. The van der Waals surface area contributed by atoms with Gasteiger partial charge in [-0.3, -0.25) is 0 Å². The summed E-state index contributed by atoms with van der Waals surface area (Å²) in [7, 11) is 0. The molecule has 4 N–H and O–H groups in total. The normalized spacial score (nSPS) is 14.4. The minimum Gasteiger partial charge on any atom is -0.396 e. The predicted molar refractivity (Wildman–Crippen MR) is 81.6 cm³/mol. The molecule has 0 bridgehead atoms. The van der Waals surface area contributed by atoms with Crippen LogP contribution in [0.15, 0.2) is 0 Å². The van der Waals surface area contributed by atoms with Crippen LogP contribution in [0.5, 0.6) is 0 Å². The van der Waals surface area contributed by atoms with Gasteiger partial charge in [-0.15, -0.1) is 0 Å². The summed E-state index contributed by atoms with van der Waals surface area (Å²) >= 11 is 0. The van der Waals surface area contributed by atoms with Gasteiger partial charge in [-0.25, -0.2) is 0 Å². The average molecular weight is 290 g/mol. The van der Waals surface area contributed by atoms with E-state index in [9.17, 15) is 10.2 Å². The maximum atomic E-state index is 9.77. The van der Waals surface area contributed by atoms with E-state index in [0.717, 1.165) is 77.0 Å². The molecule has 4 nitrogen and oxygen atoms in total. The van der Waals surface area contributed by atoms with E-state index in [1.165, 1.54) is 0 Å². The molecule has 0 aromatic rings. The molecular formula is C16H34O4. The highest BCUT2D eigenvalue weighted by Gasteiger charge is 2.06. The molecule has 20 heavy (non-hydrogen) atoms. The molecule has 0 saturated carbocycles. The Kier molecular flexibility index (Phi) is 15.1. The van der Waals surface area contributed by atoms with E-state index >= 15 is 0 Å². The minimum atomic E-state index is -0.226. The van der Waals surface area contributed by atoms with E-state index in [0.29, 0.717) is 0 Å². The fraction of sp³-hybridized carbons (Fsp3) is 1.00. The van der Waals surface area contributed by atoms with Gasteiger partial charge < -0.3 is 20.4 Å². The number of hydrogen-bond acceptors (Lipinski definition) is 4. The topological polar surface area (TPSA) is 80.9 Å². The van der Waals surface area contributed by atoms with Crippen molar-refractivity contribution in [3.8, 4) is 0 Å². The summed E-state index contributed by atoms with van der Waals surface area (Å²) in [6, 6.07) is 0. The second-order valence-electron chi connectivity index (χ2n) is 5.74. The van der Waals surface area contributed by atoms with Gasteiger partial charge in [-0.05, 0) is 38.5 Å². The van der Waals surface area contributed by atoms with Gasteiger partial charge in [0.05, 0.1) is 12.2 Å². The monoisotopic (exact) mass is 290 g/mol. The first kappa shape index (κ1) is 19.8. The van der Waals surface area contributed by atoms with Crippen LogP contribution in [0.1, 0.15) is 77.0 Å². The van der Waals surface area contributed by atoms with E-state index < -0.39 is 0 Å². The van der Waals surface area contributed by atoms with E-state index in [-0.39, 0.29) is 25.4 Å². The zero-order chi connectivity index (χ0) is 15.1. The first-order chi connectivity index (χ1) is 9.70. The Morgan fingerprint density at radius 2 is 0.750 bits per heavy atom. The van der Waals surface area contributed by atoms with Gasteiger partial charge in [0.2, 0.25) is 0 Å². The molecule has 0 spiro atoms. The zero-order valence-electron chi connectivity index (χ0n) is 12.8. The number of aliphatic hydroxyl groups is 4. The number of rotatable bonds is 15. The fourth-order valence-electron chi connectivity index (χ4n) is 2.39. The van der Waals surface area contributed by atoms with Crippen LogP contribution < -0.4 is 0 Å². The molecule has 0 fully saturated rings. The van der Waals surface area contributed by atoms with Gasteiger partial charge in [0.15, 0.2) is 0 Å². The second-order valence-corrected chi connectivity index (χ2v) is 5.74. The smallest absolute Gasteiger partial charge is 0.0540 e. The molecule has 0 aromatic heterocycles. The zero-order valence-corrected chi connectivity index (χ0v) is 12.8. The SMILES string of the molecule is OCCCCC[C@@H](O)CCCC[C@H](O)CCCCCO. The summed E-state index contributed by atoms with van der Waals surface area (Å²) in [6.45, 7) is 0.485. The van der Waals surface area contributed by atoms with Crippen LogP contribution >= 0.6 is 0 Å². The highest BCUT2D eigenvalue weighted by molar-refractivity contribution is 4.60. The van der Waals surface area contributed by atoms with Crippen molar-refractivity contribution in [2.24, 2.45) is 0 Å². The molecule has 0 aliphatic rings. The molecule has 4 heteroatoms. The quantitative estimate of drug-likeness (QED) is 0.349. The molecule has 0 aromatic carbocycles. The van der Waals surface area contributed by atoms with Crippen molar-refractivity contribution in [3.05, 3.63) is 0 Å². The molecule has 0 radical (unpaired) electrons. The van der Waals surface area contributed by atoms with E-state index in [4.69, 9.17) is 10.2 Å². The van der Waals surface area contributed by atoms with Crippen molar-refractivity contribution < 1.29 is 20.4 Å². The van der Waals surface area contributed by atoms with Crippen LogP contribution in [0.3, 0.4) is 0 Å². The molecule has 0 heterocycles. The van der Waals surface area contributed by atoms with E-state index in [2.05, 4.69) is 0 Å². The lowest BCUT2D eigenvalue weighted by atomic mass is 10.0. The summed E-state index contributed by atoms with van der Waals surface area (Å²) in [5.74, 6) is 0. The maximum absolute atomic E-state index is 9.77. The summed E-state index contributed by atoms with van der Waals surface area (Å²) in [4.78, 5) is 0. The predicted octanol–water partition coefficient (Wildman–Crippen LogP) is 2.37. The molecule has 2 atom stereocenters. The van der Waals surface area contributed by atoms with Crippen LogP contribution in [-0.4, -0.2) is 45.8 Å². The van der Waals surface area contributed by atoms with E-state index in [1.807, 2.05) is 0 Å². The van der Waals surface area contributed by atoms with Gasteiger partial charge in [0.25, 0.3) is 0 Å². The fourth-order valence-corrected chi connectivity index (χ4v) is 2.39. The number of hydrogen-bond donors (Lipinski definition) is 4. The summed E-state index contributed by atoms with van der Waals surface area (Å²) in [6.07, 6.45) is 10.4. The van der Waals surface area contributed by atoms with Gasteiger partial charge in [-0.2, -0.15) is 0 Å². The van der Waals surface area contributed by atoms with Crippen LogP contribution in [0.4, 0.5) is 0 Å². The number of aliphatic hydroxyl groups excluding tert-OH is 4.